The first-order valence-electron chi connectivity index (χ1n) is 6.88. The Morgan fingerprint density at radius 3 is 2.12 bits per heavy atom. The van der Waals surface area contributed by atoms with Crippen LogP contribution in [0.4, 0.5) is 26.3 Å². The van der Waals surface area contributed by atoms with E-state index in [0.717, 1.165) is 16.9 Å². The van der Waals surface area contributed by atoms with Crippen LogP contribution in [0.3, 0.4) is 0 Å². The van der Waals surface area contributed by atoms with Crippen molar-refractivity contribution in [3.05, 3.63) is 59.1 Å². The molecule has 136 valence electrons. The van der Waals surface area contributed by atoms with Crippen LogP contribution in [-0.2, 0) is 12.4 Å². The van der Waals surface area contributed by atoms with Gasteiger partial charge in [-0.15, -0.1) is 0 Å². The van der Waals surface area contributed by atoms with Gasteiger partial charge in [-0.1, -0.05) is 11.6 Å². The highest BCUT2D eigenvalue weighted by Gasteiger charge is 2.39. The summed E-state index contributed by atoms with van der Waals surface area (Å²) in [4.78, 5) is 7.54. The molecule has 0 aliphatic carbocycles. The third-order valence-electron chi connectivity index (χ3n) is 3.28. The summed E-state index contributed by atoms with van der Waals surface area (Å²) in [7, 11) is 0. The molecule has 0 spiro atoms. The molecule has 0 aliphatic heterocycles. The number of alkyl halides is 6. The Kier molecular flexibility index (Phi) is 4.39. The van der Waals surface area contributed by atoms with E-state index in [0.29, 0.717) is 12.1 Å². The van der Waals surface area contributed by atoms with E-state index in [1.807, 2.05) is 0 Å². The summed E-state index contributed by atoms with van der Waals surface area (Å²) in [6.45, 7) is 0. The molecule has 3 rings (SSSR count). The number of hydrogen-bond acceptors (Lipinski definition) is 3. The van der Waals surface area contributed by atoms with Crippen molar-refractivity contribution >= 4 is 11.6 Å². The maximum absolute atomic E-state index is 13.3. The molecule has 0 fully saturated rings. The van der Waals surface area contributed by atoms with Gasteiger partial charge in [0.1, 0.15) is 0 Å². The van der Waals surface area contributed by atoms with Crippen LogP contribution in [-0.4, -0.2) is 19.7 Å². The van der Waals surface area contributed by atoms with Gasteiger partial charge in [-0.2, -0.15) is 31.4 Å². The Bertz CT molecular complexity index is 934. The Morgan fingerprint density at radius 2 is 1.54 bits per heavy atom. The van der Waals surface area contributed by atoms with Crippen molar-refractivity contribution in [3.8, 4) is 17.1 Å². The zero-order valence-electron chi connectivity index (χ0n) is 12.5. The zero-order valence-corrected chi connectivity index (χ0v) is 13.2. The van der Waals surface area contributed by atoms with Gasteiger partial charge in [0.25, 0.3) is 0 Å². The van der Waals surface area contributed by atoms with Crippen LogP contribution in [0.2, 0.25) is 5.02 Å². The van der Waals surface area contributed by atoms with E-state index in [4.69, 9.17) is 11.6 Å². The molecule has 0 amide bonds. The van der Waals surface area contributed by atoms with Crippen molar-refractivity contribution in [3.63, 3.8) is 0 Å². The fourth-order valence-corrected chi connectivity index (χ4v) is 2.45. The van der Waals surface area contributed by atoms with Crippen molar-refractivity contribution in [2.75, 3.05) is 0 Å². The molecule has 2 heterocycles. The molecule has 2 aromatic heterocycles. The van der Waals surface area contributed by atoms with Crippen LogP contribution in [0, 0.1) is 0 Å². The first kappa shape index (κ1) is 18.2. The zero-order chi connectivity index (χ0) is 19.1. The van der Waals surface area contributed by atoms with Gasteiger partial charge in [0.15, 0.2) is 5.69 Å². The van der Waals surface area contributed by atoms with Gasteiger partial charge in [-0.3, -0.25) is 0 Å². The van der Waals surface area contributed by atoms with Gasteiger partial charge in [-0.05, 0) is 29.8 Å². The predicted molar refractivity (Wildman–Crippen MR) is 79.6 cm³/mol. The van der Waals surface area contributed by atoms with E-state index in [-0.39, 0.29) is 16.5 Å². The molecule has 0 unspecified atom stereocenters. The van der Waals surface area contributed by atoms with Gasteiger partial charge in [0.2, 0.25) is 5.95 Å². The summed E-state index contributed by atoms with van der Waals surface area (Å²) in [5, 5.41) is 3.04. The molecule has 26 heavy (non-hydrogen) atoms. The largest absolute Gasteiger partial charge is 0.435 e. The normalized spacial score (nSPS) is 12.4. The number of hydrogen-bond donors (Lipinski definition) is 0. The molecule has 4 nitrogen and oxygen atoms in total. The maximum Gasteiger partial charge on any atom is 0.435 e. The molecule has 0 N–H and O–H groups in total. The predicted octanol–water partition coefficient (Wildman–Crippen LogP) is 5.02. The third kappa shape index (κ3) is 3.64. The minimum atomic E-state index is -4.91. The standard InChI is InChI=1S/C15H7ClF6N4/c16-10-5-8(4-9(6-10)14(17,18)19)11-7-26(13-23-2-1-3-24-13)25-12(11)15(20,21)22/h1-7H. The topological polar surface area (TPSA) is 43.6 Å². The van der Waals surface area contributed by atoms with Crippen molar-refractivity contribution in [1.82, 2.24) is 19.7 Å². The first-order valence-corrected chi connectivity index (χ1v) is 7.26. The number of rotatable bonds is 2. The third-order valence-corrected chi connectivity index (χ3v) is 3.49. The monoisotopic (exact) mass is 392 g/mol. The lowest BCUT2D eigenvalue weighted by Gasteiger charge is -2.11. The molecule has 0 atom stereocenters. The number of nitrogens with zero attached hydrogens (tertiary/aromatic N) is 4. The van der Waals surface area contributed by atoms with Gasteiger partial charge in [-0.25, -0.2) is 14.6 Å². The summed E-state index contributed by atoms with van der Waals surface area (Å²) in [5.41, 5.74) is -3.49. The maximum atomic E-state index is 13.3. The van der Waals surface area contributed by atoms with Gasteiger partial charge in [0.05, 0.1) is 5.56 Å². The van der Waals surface area contributed by atoms with E-state index >= 15 is 0 Å². The Balaban J connectivity index is 2.22. The van der Waals surface area contributed by atoms with Gasteiger partial charge in [0, 0.05) is 29.2 Å². The molecule has 1 aromatic carbocycles. The summed E-state index contributed by atoms with van der Waals surface area (Å²) in [6.07, 6.45) is -6.19. The second kappa shape index (κ2) is 6.27. The van der Waals surface area contributed by atoms with Crippen molar-refractivity contribution in [1.29, 1.82) is 0 Å². The van der Waals surface area contributed by atoms with Crippen LogP contribution >= 0.6 is 11.6 Å². The average Bonchev–Trinajstić information content (AvgIpc) is 3.00. The molecule has 0 saturated heterocycles. The summed E-state index contributed by atoms with van der Waals surface area (Å²) >= 11 is 5.66. The fraction of sp³-hybridized carbons (Fsp3) is 0.133. The average molecular weight is 393 g/mol. The SMILES string of the molecule is FC(F)(F)c1cc(Cl)cc(-c2cn(-c3ncccn3)nc2C(F)(F)F)c1. The highest BCUT2D eigenvalue weighted by atomic mass is 35.5. The highest BCUT2D eigenvalue weighted by molar-refractivity contribution is 6.31. The molecule has 0 saturated carbocycles. The second-order valence-corrected chi connectivity index (χ2v) is 5.55. The quantitative estimate of drug-likeness (QED) is 0.575. The number of halogens is 7. The van der Waals surface area contributed by atoms with E-state index in [1.54, 1.807) is 0 Å². The van der Waals surface area contributed by atoms with Gasteiger partial charge < -0.3 is 0 Å². The Labute approximate surface area is 147 Å². The van der Waals surface area contributed by atoms with Crippen LogP contribution in [0.1, 0.15) is 11.3 Å². The molecule has 0 radical (unpaired) electrons. The van der Waals surface area contributed by atoms with Crippen LogP contribution in [0.25, 0.3) is 17.1 Å². The molecule has 0 bridgehead atoms. The lowest BCUT2D eigenvalue weighted by Crippen LogP contribution is -2.10. The molecular weight excluding hydrogens is 386 g/mol. The molecular formula is C15H7ClF6N4. The first-order chi connectivity index (χ1) is 12.1. The second-order valence-electron chi connectivity index (χ2n) is 5.11. The molecule has 3 aromatic rings. The summed E-state index contributed by atoms with van der Waals surface area (Å²) in [6, 6.07) is 3.65. The summed E-state index contributed by atoms with van der Waals surface area (Å²) < 4.78 is 79.6. The van der Waals surface area contributed by atoms with Crippen LogP contribution in [0.5, 0.6) is 0 Å². The van der Waals surface area contributed by atoms with Crippen LogP contribution in [0.15, 0.2) is 42.9 Å². The minimum absolute atomic E-state index is 0.165. The van der Waals surface area contributed by atoms with E-state index in [2.05, 4.69) is 15.1 Å². The van der Waals surface area contributed by atoms with E-state index in [1.165, 1.54) is 18.5 Å². The summed E-state index contributed by atoms with van der Waals surface area (Å²) in [5.74, 6) is -0.165. The number of benzene rings is 1. The lowest BCUT2D eigenvalue weighted by atomic mass is 10.0. The van der Waals surface area contributed by atoms with Gasteiger partial charge >= 0.3 is 12.4 Å². The van der Waals surface area contributed by atoms with E-state index in [9.17, 15) is 26.3 Å². The smallest absolute Gasteiger partial charge is 0.220 e. The van der Waals surface area contributed by atoms with Crippen molar-refractivity contribution in [2.45, 2.75) is 12.4 Å². The fourth-order valence-electron chi connectivity index (χ4n) is 2.22. The molecule has 11 heteroatoms. The van der Waals surface area contributed by atoms with Crippen molar-refractivity contribution < 1.29 is 26.3 Å². The van der Waals surface area contributed by atoms with Crippen LogP contribution < -0.4 is 0 Å². The highest BCUT2D eigenvalue weighted by Crippen LogP contribution is 2.40. The number of aromatic nitrogens is 4. The molecule has 0 aliphatic rings. The Hall–Kier alpha value is -2.62. The minimum Gasteiger partial charge on any atom is -0.220 e. The van der Waals surface area contributed by atoms with Crippen molar-refractivity contribution in [2.24, 2.45) is 0 Å². The Morgan fingerprint density at radius 1 is 0.885 bits per heavy atom. The van der Waals surface area contributed by atoms with E-state index < -0.39 is 29.2 Å². The lowest BCUT2D eigenvalue weighted by molar-refractivity contribution is -0.140.